The van der Waals surface area contributed by atoms with Gasteiger partial charge in [0.05, 0.1) is 40.0 Å². The topological polar surface area (TPSA) is 51.3 Å². The van der Waals surface area contributed by atoms with E-state index in [1.807, 2.05) is 24.4 Å². The smallest absolute Gasteiger partial charge is 0.121 e. The Kier molecular flexibility index (Phi) is 5.39. The van der Waals surface area contributed by atoms with Gasteiger partial charge in [0.1, 0.15) is 5.82 Å². The van der Waals surface area contributed by atoms with Crippen molar-refractivity contribution >= 4 is 28.3 Å². The molecule has 7 heteroatoms. The number of likely N-dealkylation sites (N-methyl/N-ethyl adjacent to an activating group) is 1. The van der Waals surface area contributed by atoms with Crippen molar-refractivity contribution in [1.82, 2.24) is 24.8 Å². The van der Waals surface area contributed by atoms with Gasteiger partial charge in [0.25, 0.3) is 0 Å². The second-order valence-electron chi connectivity index (χ2n) is 8.63. The average Bonchev–Trinajstić information content (AvgIpc) is 3.16. The SMILES string of the molecule is CN1CCN(c2c(Cl)ccc3nc(CN(C)C4CCCc5cccnc54)[nH]c23)CC1. The number of hydrogen-bond acceptors (Lipinski definition) is 5. The van der Waals surface area contributed by atoms with Gasteiger partial charge in [0.15, 0.2) is 0 Å². The lowest BCUT2D eigenvalue weighted by molar-refractivity contribution is 0.204. The van der Waals surface area contributed by atoms with E-state index < -0.39 is 0 Å². The summed E-state index contributed by atoms with van der Waals surface area (Å²) in [6, 6.07) is 8.60. The van der Waals surface area contributed by atoms with Crippen molar-refractivity contribution in [3.8, 4) is 0 Å². The third-order valence-corrected chi connectivity index (χ3v) is 6.85. The number of rotatable bonds is 4. The van der Waals surface area contributed by atoms with Crippen LogP contribution in [-0.4, -0.2) is 65.0 Å². The molecule has 0 saturated carbocycles. The number of nitrogens with one attached hydrogen (secondary N) is 1. The first-order chi connectivity index (χ1) is 14.6. The van der Waals surface area contributed by atoms with Crippen LogP contribution in [0.1, 0.15) is 36.0 Å². The van der Waals surface area contributed by atoms with Crippen LogP contribution in [0, 0.1) is 0 Å². The Morgan fingerprint density at radius 2 is 2.03 bits per heavy atom. The molecule has 0 spiro atoms. The van der Waals surface area contributed by atoms with Gasteiger partial charge >= 0.3 is 0 Å². The fraction of sp³-hybridized carbons (Fsp3) is 0.478. The number of H-pyrrole nitrogens is 1. The molecule has 5 rings (SSSR count). The maximum absolute atomic E-state index is 6.64. The van der Waals surface area contributed by atoms with E-state index in [2.05, 4.69) is 39.8 Å². The Morgan fingerprint density at radius 1 is 1.20 bits per heavy atom. The molecular formula is C23H29ClN6. The standard InChI is InChI=1S/C23H29ClN6/c1-28-11-13-30(14-12-28)23-17(24)8-9-18-22(23)27-20(26-18)15-29(2)19-7-3-5-16-6-4-10-25-21(16)19/h4,6,8-10,19H,3,5,7,11-15H2,1-2H3,(H,26,27). The van der Waals surface area contributed by atoms with Crippen molar-refractivity contribution in [2.75, 3.05) is 45.2 Å². The predicted molar refractivity (Wildman–Crippen MR) is 122 cm³/mol. The molecule has 2 aliphatic rings. The molecule has 0 bridgehead atoms. The minimum absolute atomic E-state index is 0.337. The summed E-state index contributed by atoms with van der Waals surface area (Å²) >= 11 is 6.64. The third-order valence-electron chi connectivity index (χ3n) is 6.55. The summed E-state index contributed by atoms with van der Waals surface area (Å²) in [5, 5.41) is 0.793. The normalized spacial score (nSPS) is 20.1. The van der Waals surface area contributed by atoms with Crippen molar-refractivity contribution in [3.05, 3.63) is 52.6 Å². The van der Waals surface area contributed by atoms with Crippen molar-refractivity contribution < 1.29 is 0 Å². The lowest BCUT2D eigenvalue weighted by atomic mass is 9.91. The number of benzene rings is 1. The van der Waals surface area contributed by atoms with E-state index >= 15 is 0 Å². The zero-order chi connectivity index (χ0) is 20.7. The molecule has 3 aromatic rings. The molecule has 0 amide bonds. The Morgan fingerprint density at radius 3 is 2.87 bits per heavy atom. The number of aromatic amines is 1. The molecule has 158 valence electrons. The molecule has 1 aliphatic heterocycles. The van der Waals surface area contributed by atoms with E-state index in [0.717, 1.165) is 73.1 Å². The van der Waals surface area contributed by atoms with Gasteiger partial charge in [0.2, 0.25) is 0 Å². The Hall–Kier alpha value is -2.15. The Balaban J connectivity index is 1.42. The van der Waals surface area contributed by atoms with Crippen molar-refractivity contribution in [3.63, 3.8) is 0 Å². The van der Waals surface area contributed by atoms with E-state index in [1.165, 1.54) is 17.7 Å². The number of pyridine rings is 1. The van der Waals surface area contributed by atoms with Gasteiger partial charge in [0, 0.05) is 32.4 Å². The first-order valence-corrected chi connectivity index (χ1v) is 11.2. The summed E-state index contributed by atoms with van der Waals surface area (Å²) in [6.07, 6.45) is 5.39. The van der Waals surface area contributed by atoms with Crippen LogP contribution < -0.4 is 4.90 Å². The molecular weight excluding hydrogens is 396 g/mol. The minimum Gasteiger partial charge on any atom is -0.366 e. The van der Waals surface area contributed by atoms with Gasteiger partial charge in [-0.25, -0.2) is 4.98 Å². The van der Waals surface area contributed by atoms with E-state index in [1.54, 1.807) is 0 Å². The Labute approximate surface area is 182 Å². The predicted octanol–water partition coefficient (Wildman–Crippen LogP) is 3.87. The summed E-state index contributed by atoms with van der Waals surface area (Å²) in [4.78, 5) is 20.3. The van der Waals surface area contributed by atoms with E-state index in [-0.39, 0.29) is 0 Å². The zero-order valence-corrected chi connectivity index (χ0v) is 18.5. The van der Waals surface area contributed by atoms with E-state index in [9.17, 15) is 0 Å². The highest BCUT2D eigenvalue weighted by Gasteiger charge is 2.26. The monoisotopic (exact) mass is 424 g/mol. The zero-order valence-electron chi connectivity index (χ0n) is 17.7. The number of piperazine rings is 1. The second kappa shape index (κ2) is 8.17. The maximum atomic E-state index is 6.64. The molecule has 2 aromatic heterocycles. The summed E-state index contributed by atoms with van der Waals surface area (Å²) in [5.41, 5.74) is 5.74. The average molecular weight is 425 g/mol. The Bertz CT molecular complexity index is 1040. The highest BCUT2D eigenvalue weighted by atomic mass is 35.5. The van der Waals surface area contributed by atoms with Crippen LogP contribution in [0.3, 0.4) is 0 Å². The first-order valence-electron chi connectivity index (χ1n) is 10.8. The number of hydrogen-bond donors (Lipinski definition) is 1. The number of aromatic nitrogens is 3. The summed E-state index contributed by atoms with van der Waals surface area (Å²) < 4.78 is 0. The van der Waals surface area contributed by atoms with Crippen LogP contribution in [0.15, 0.2) is 30.5 Å². The number of fused-ring (bicyclic) bond motifs is 2. The van der Waals surface area contributed by atoms with Gasteiger partial charge in [-0.05, 0) is 57.1 Å². The molecule has 1 aromatic carbocycles. The maximum Gasteiger partial charge on any atom is 0.121 e. The highest BCUT2D eigenvalue weighted by molar-refractivity contribution is 6.34. The molecule has 1 N–H and O–H groups in total. The fourth-order valence-electron chi connectivity index (χ4n) is 4.86. The van der Waals surface area contributed by atoms with Gasteiger partial charge in [-0.2, -0.15) is 0 Å². The molecule has 1 saturated heterocycles. The van der Waals surface area contributed by atoms with Gasteiger partial charge in [-0.15, -0.1) is 0 Å². The second-order valence-corrected chi connectivity index (χ2v) is 9.04. The number of halogens is 1. The lowest BCUT2D eigenvalue weighted by Gasteiger charge is -2.34. The summed E-state index contributed by atoms with van der Waals surface area (Å²) in [5.74, 6) is 0.980. The van der Waals surface area contributed by atoms with Gasteiger partial charge in [-0.1, -0.05) is 17.7 Å². The summed E-state index contributed by atoms with van der Waals surface area (Å²) in [7, 11) is 4.35. The molecule has 1 aliphatic carbocycles. The van der Waals surface area contributed by atoms with Crippen LogP contribution >= 0.6 is 11.6 Å². The van der Waals surface area contributed by atoms with Crippen LogP contribution in [0.4, 0.5) is 5.69 Å². The third kappa shape index (κ3) is 3.68. The van der Waals surface area contributed by atoms with Gasteiger partial charge in [-0.3, -0.25) is 9.88 Å². The van der Waals surface area contributed by atoms with Crippen molar-refractivity contribution in [1.29, 1.82) is 0 Å². The first kappa shape index (κ1) is 19.8. The largest absolute Gasteiger partial charge is 0.366 e. The molecule has 1 fully saturated rings. The van der Waals surface area contributed by atoms with E-state index in [4.69, 9.17) is 21.6 Å². The fourth-order valence-corrected chi connectivity index (χ4v) is 5.14. The van der Waals surface area contributed by atoms with Crippen LogP contribution in [0.5, 0.6) is 0 Å². The van der Waals surface area contributed by atoms with Gasteiger partial charge < -0.3 is 14.8 Å². The van der Waals surface area contributed by atoms with Crippen LogP contribution in [0.2, 0.25) is 5.02 Å². The number of anilines is 1. The quantitative estimate of drug-likeness (QED) is 0.688. The highest BCUT2D eigenvalue weighted by Crippen LogP contribution is 2.35. The number of imidazole rings is 1. The molecule has 30 heavy (non-hydrogen) atoms. The molecule has 1 unspecified atom stereocenters. The molecule has 3 heterocycles. The summed E-state index contributed by atoms with van der Waals surface area (Å²) in [6.45, 7) is 4.81. The minimum atomic E-state index is 0.337. The van der Waals surface area contributed by atoms with Crippen molar-refractivity contribution in [2.24, 2.45) is 0 Å². The molecule has 6 nitrogen and oxygen atoms in total. The lowest BCUT2D eigenvalue weighted by Crippen LogP contribution is -2.44. The molecule has 0 radical (unpaired) electrons. The number of nitrogens with zero attached hydrogens (tertiary/aromatic N) is 5. The number of aryl methyl sites for hydroxylation is 1. The van der Waals surface area contributed by atoms with Crippen LogP contribution in [0.25, 0.3) is 11.0 Å². The molecule has 1 atom stereocenters. The van der Waals surface area contributed by atoms with E-state index in [0.29, 0.717) is 6.04 Å². The van der Waals surface area contributed by atoms with Crippen molar-refractivity contribution in [2.45, 2.75) is 31.8 Å². The van der Waals surface area contributed by atoms with Crippen LogP contribution in [-0.2, 0) is 13.0 Å².